The van der Waals surface area contributed by atoms with Gasteiger partial charge in [-0.05, 0) is 45.0 Å². The summed E-state index contributed by atoms with van der Waals surface area (Å²) in [6, 6.07) is 7.91. The number of para-hydroxylation sites is 1. The van der Waals surface area contributed by atoms with Crippen molar-refractivity contribution in [2.75, 3.05) is 31.1 Å². The molecule has 0 saturated carbocycles. The van der Waals surface area contributed by atoms with E-state index in [1.54, 1.807) is 4.90 Å². The highest BCUT2D eigenvalue weighted by Crippen LogP contribution is 2.28. The third-order valence-electron chi connectivity index (χ3n) is 4.48. The van der Waals surface area contributed by atoms with Gasteiger partial charge in [-0.3, -0.25) is 19.4 Å². The number of primary amides is 1. The molecule has 1 aliphatic rings. The molecule has 24 heavy (non-hydrogen) atoms. The van der Waals surface area contributed by atoms with Crippen LogP contribution in [0.5, 0.6) is 0 Å². The Kier molecular flexibility index (Phi) is 5.11. The van der Waals surface area contributed by atoms with Crippen molar-refractivity contribution in [3.8, 4) is 0 Å². The zero-order valence-electron chi connectivity index (χ0n) is 13.8. The Hall–Kier alpha value is -1.99. The lowest BCUT2D eigenvalue weighted by Gasteiger charge is -2.31. The van der Waals surface area contributed by atoms with Crippen molar-refractivity contribution >= 4 is 38.5 Å². The van der Waals surface area contributed by atoms with Gasteiger partial charge in [-0.1, -0.05) is 23.5 Å². The third kappa shape index (κ3) is 3.57. The minimum atomic E-state index is -0.231. The summed E-state index contributed by atoms with van der Waals surface area (Å²) < 4.78 is 1.08. The van der Waals surface area contributed by atoms with E-state index in [-0.39, 0.29) is 17.7 Å². The second-order valence-corrected chi connectivity index (χ2v) is 7.06. The maximum Gasteiger partial charge on any atom is 0.242 e. The number of benzene rings is 1. The Morgan fingerprint density at radius 1 is 1.33 bits per heavy atom. The van der Waals surface area contributed by atoms with E-state index in [9.17, 15) is 9.59 Å². The Balaban J connectivity index is 1.65. The van der Waals surface area contributed by atoms with Crippen molar-refractivity contribution in [1.29, 1.82) is 0 Å². The second-order valence-electron chi connectivity index (χ2n) is 6.05. The predicted octanol–water partition coefficient (Wildman–Crippen LogP) is 1.85. The van der Waals surface area contributed by atoms with Gasteiger partial charge in [0.15, 0.2) is 5.13 Å². The number of thiazole rings is 1. The highest BCUT2D eigenvalue weighted by atomic mass is 32.1. The number of likely N-dealkylation sites (tertiary alicyclic amines) is 1. The molecule has 6 nitrogen and oxygen atoms in total. The summed E-state index contributed by atoms with van der Waals surface area (Å²) in [5.41, 5.74) is 6.28. The van der Waals surface area contributed by atoms with Crippen LogP contribution in [0.4, 0.5) is 5.13 Å². The molecule has 0 aliphatic carbocycles. The zero-order valence-corrected chi connectivity index (χ0v) is 14.6. The molecule has 128 valence electrons. The van der Waals surface area contributed by atoms with Gasteiger partial charge in [0.1, 0.15) is 0 Å². The van der Waals surface area contributed by atoms with Crippen LogP contribution in [-0.2, 0) is 9.59 Å². The molecule has 0 bridgehead atoms. The molecule has 0 unspecified atom stereocenters. The molecular weight excluding hydrogens is 324 g/mol. The Labute approximate surface area is 145 Å². The normalized spacial score (nSPS) is 16.4. The van der Waals surface area contributed by atoms with E-state index in [4.69, 9.17) is 5.73 Å². The van der Waals surface area contributed by atoms with Gasteiger partial charge in [0, 0.05) is 12.5 Å². The highest BCUT2D eigenvalue weighted by Gasteiger charge is 2.26. The maximum absolute atomic E-state index is 12.7. The molecule has 0 radical (unpaired) electrons. The molecule has 1 fully saturated rings. The average molecular weight is 346 g/mol. The van der Waals surface area contributed by atoms with Crippen molar-refractivity contribution in [3.05, 3.63) is 24.3 Å². The number of hydrogen-bond donors (Lipinski definition) is 1. The monoisotopic (exact) mass is 346 g/mol. The molecule has 2 heterocycles. The second kappa shape index (κ2) is 7.27. The van der Waals surface area contributed by atoms with Crippen LogP contribution in [0, 0.1) is 5.92 Å². The SMILES string of the molecule is CCN(C(=O)CN1CCC(C(N)=O)CC1)c1nc2ccccc2s1. The van der Waals surface area contributed by atoms with Crippen molar-refractivity contribution in [3.63, 3.8) is 0 Å². The number of anilines is 1. The fraction of sp³-hybridized carbons (Fsp3) is 0.471. The first kappa shape index (κ1) is 16.9. The van der Waals surface area contributed by atoms with Gasteiger partial charge >= 0.3 is 0 Å². The molecule has 3 rings (SSSR count). The zero-order chi connectivity index (χ0) is 17.1. The van der Waals surface area contributed by atoms with E-state index in [1.165, 1.54) is 11.3 Å². The predicted molar refractivity (Wildman–Crippen MR) is 96.0 cm³/mol. The fourth-order valence-corrected chi connectivity index (χ4v) is 4.09. The van der Waals surface area contributed by atoms with E-state index in [0.29, 0.717) is 13.1 Å². The number of piperidine rings is 1. The Morgan fingerprint density at radius 2 is 2.04 bits per heavy atom. The first-order valence-electron chi connectivity index (χ1n) is 8.26. The van der Waals surface area contributed by atoms with Gasteiger partial charge in [0.05, 0.1) is 16.8 Å². The first-order valence-corrected chi connectivity index (χ1v) is 9.07. The van der Waals surface area contributed by atoms with Crippen LogP contribution in [-0.4, -0.2) is 47.9 Å². The summed E-state index contributed by atoms with van der Waals surface area (Å²) in [6.45, 7) is 4.38. The molecule has 2 aromatic rings. The van der Waals surface area contributed by atoms with Gasteiger partial charge in [-0.15, -0.1) is 0 Å². The largest absolute Gasteiger partial charge is 0.369 e. The molecule has 1 aliphatic heterocycles. The van der Waals surface area contributed by atoms with Crippen LogP contribution in [0.15, 0.2) is 24.3 Å². The molecule has 7 heteroatoms. The van der Waals surface area contributed by atoms with Gasteiger partial charge in [-0.25, -0.2) is 4.98 Å². The molecule has 1 saturated heterocycles. The smallest absolute Gasteiger partial charge is 0.242 e. The van der Waals surface area contributed by atoms with Crippen molar-refractivity contribution < 1.29 is 9.59 Å². The number of rotatable bonds is 5. The number of hydrogen-bond acceptors (Lipinski definition) is 5. The van der Waals surface area contributed by atoms with E-state index in [0.717, 1.165) is 41.3 Å². The number of likely N-dealkylation sites (N-methyl/N-ethyl adjacent to an activating group) is 1. The number of nitrogens with zero attached hydrogens (tertiary/aromatic N) is 3. The van der Waals surface area contributed by atoms with Crippen LogP contribution in [0.1, 0.15) is 19.8 Å². The lowest BCUT2D eigenvalue weighted by molar-refractivity contribution is -0.123. The van der Waals surface area contributed by atoms with Gasteiger partial charge in [0.2, 0.25) is 11.8 Å². The summed E-state index contributed by atoms with van der Waals surface area (Å²) in [6.07, 6.45) is 1.46. The van der Waals surface area contributed by atoms with Crippen LogP contribution < -0.4 is 10.6 Å². The maximum atomic E-state index is 12.7. The van der Waals surface area contributed by atoms with Crippen LogP contribution in [0.25, 0.3) is 10.2 Å². The Morgan fingerprint density at radius 3 is 2.67 bits per heavy atom. The first-order chi connectivity index (χ1) is 11.6. The van der Waals surface area contributed by atoms with E-state index in [2.05, 4.69) is 9.88 Å². The number of nitrogens with two attached hydrogens (primary N) is 1. The van der Waals surface area contributed by atoms with Crippen LogP contribution in [0.3, 0.4) is 0 Å². The minimum Gasteiger partial charge on any atom is -0.369 e. The molecule has 0 atom stereocenters. The molecule has 1 aromatic heterocycles. The van der Waals surface area contributed by atoms with Crippen molar-refractivity contribution in [2.24, 2.45) is 11.7 Å². The third-order valence-corrected chi connectivity index (χ3v) is 5.54. The summed E-state index contributed by atoms with van der Waals surface area (Å²) in [7, 11) is 0. The van der Waals surface area contributed by atoms with Crippen LogP contribution in [0.2, 0.25) is 0 Å². The standard InChI is InChI=1S/C17H22N4O2S/c1-2-21(17-19-13-5-3-4-6-14(13)24-17)15(22)11-20-9-7-12(8-10-20)16(18)23/h3-6,12H,2,7-11H2,1H3,(H2,18,23). The number of aromatic nitrogens is 1. The van der Waals surface area contributed by atoms with Crippen LogP contribution >= 0.6 is 11.3 Å². The van der Waals surface area contributed by atoms with E-state index >= 15 is 0 Å². The lowest BCUT2D eigenvalue weighted by Crippen LogP contribution is -2.45. The van der Waals surface area contributed by atoms with E-state index < -0.39 is 0 Å². The van der Waals surface area contributed by atoms with Gasteiger partial charge in [-0.2, -0.15) is 0 Å². The molecule has 2 N–H and O–H groups in total. The molecular formula is C17H22N4O2S. The number of amides is 2. The highest BCUT2D eigenvalue weighted by molar-refractivity contribution is 7.22. The molecule has 1 aromatic carbocycles. The van der Waals surface area contributed by atoms with Crippen molar-refractivity contribution in [2.45, 2.75) is 19.8 Å². The quantitative estimate of drug-likeness (QED) is 0.896. The number of carbonyl (C=O) groups excluding carboxylic acids is 2. The number of fused-ring (bicyclic) bond motifs is 1. The summed E-state index contributed by atoms with van der Waals surface area (Å²) in [5.74, 6) is -0.234. The van der Waals surface area contributed by atoms with Gasteiger partial charge < -0.3 is 5.73 Å². The summed E-state index contributed by atoms with van der Waals surface area (Å²) in [4.78, 5) is 32.3. The Bertz CT molecular complexity index is 704. The van der Waals surface area contributed by atoms with E-state index in [1.807, 2.05) is 31.2 Å². The number of carbonyl (C=O) groups is 2. The summed E-state index contributed by atoms with van der Waals surface area (Å²) in [5, 5.41) is 0.746. The fourth-order valence-electron chi connectivity index (χ4n) is 3.05. The topological polar surface area (TPSA) is 79.5 Å². The molecule has 0 spiro atoms. The van der Waals surface area contributed by atoms with Crippen molar-refractivity contribution in [1.82, 2.24) is 9.88 Å². The summed E-state index contributed by atoms with van der Waals surface area (Å²) >= 11 is 1.54. The average Bonchev–Trinajstić information content (AvgIpc) is 2.99. The molecule has 2 amide bonds. The minimum absolute atomic E-state index is 0.0501. The van der Waals surface area contributed by atoms with Gasteiger partial charge in [0.25, 0.3) is 0 Å². The lowest BCUT2D eigenvalue weighted by atomic mass is 9.96.